The number of halogens is 1. The number of methoxy groups -OCH3 is 1. The van der Waals surface area contributed by atoms with E-state index >= 15 is 0 Å². The number of pyridine rings is 1. The van der Waals surface area contributed by atoms with E-state index in [0.717, 1.165) is 38.5 Å². The van der Waals surface area contributed by atoms with Gasteiger partial charge in [0, 0.05) is 34.5 Å². The number of carbonyl (C=O) groups excluding carboxylic acids is 1. The van der Waals surface area contributed by atoms with Crippen LogP contribution >= 0.6 is 15.9 Å². The predicted molar refractivity (Wildman–Crippen MR) is 134 cm³/mol. The SMILES string of the molecule is CCOC(=O)c1cncc(-n2cccc2Cc2cc(Br)ccc2OCc2ccc(OC)cc2)c1. The molecule has 4 rings (SSSR count). The van der Waals surface area contributed by atoms with Gasteiger partial charge >= 0.3 is 5.97 Å². The van der Waals surface area contributed by atoms with Gasteiger partial charge in [0.15, 0.2) is 0 Å². The van der Waals surface area contributed by atoms with Gasteiger partial charge < -0.3 is 18.8 Å². The van der Waals surface area contributed by atoms with Crippen LogP contribution in [0.1, 0.15) is 34.1 Å². The minimum absolute atomic E-state index is 0.319. The van der Waals surface area contributed by atoms with Crippen LogP contribution in [-0.2, 0) is 17.8 Å². The van der Waals surface area contributed by atoms with Crippen molar-refractivity contribution in [3.05, 3.63) is 106 Å². The summed E-state index contributed by atoms with van der Waals surface area (Å²) < 4.78 is 19.5. The minimum atomic E-state index is -0.383. The first-order valence-corrected chi connectivity index (χ1v) is 11.7. The van der Waals surface area contributed by atoms with Crippen LogP contribution in [0.5, 0.6) is 11.5 Å². The van der Waals surface area contributed by atoms with Gasteiger partial charge in [-0.05, 0) is 61.0 Å². The molecule has 34 heavy (non-hydrogen) atoms. The van der Waals surface area contributed by atoms with E-state index in [9.17, 15) is 4.79 Å². The fourth-order valence-corrected chi connectivity index (χ4v) is 4.01. The molecule has 0 N–H and O–H groups in total. The van der Waals surface area contributed by atoms with E-state index in [1.165, 1.54) is 6.20 Å². The van der Waals surface area contributed by atoms with Gasteiger partial charge in [-0.2, -0.15) is 0 Å². The van der Waals surface area contributed by atoms with Crippen LogP contribution in [0.2, 0.25) is 0 Å². The fourth-order valence-electron chi connectivity index (χ4n) is 3.60. The molecular weight excluding hydrogens is 496 g/mol. The molecule has 2 aromatic heterocycles. The maximum atomic E-state index is 12.1. The molecule has 4 aromatic rings. The van der Waals surface area contributed by atoms with E-state index in [2.05, 4.69) is 27.0 Å². The maximum absolute atomic E-state index is 12.1. The smallest absolute Gasteiger partial charge is 0.339 e. The number of hydrogen-bond donors (Lipinski definition) is 0. The van der Waals surface area contributed by atoms with Gasteiger partial charge in [0.2, 0.25) is 0 Å². The first kappa shape index (κ1) is 23.6. The molecule has 6 nitrogen and oxygen atoms in total. The van der Waals surface area contributed by atoms with Crippen LogP contribution in [0.3, 0.4) is 0 Å². The number of benzene rings is 2. The second-order valence-corrected chi connectivity index (χ2v) is 8.50. The third-order valence-corrected chi connectivity index (χ3v) is 5.79. The third-order valence-electron chi connectivity index (χ3n) is 5.29. The van der Waals surface area contributed by atoms with Gasteiger partial charge in [-0.25, -0.2) is 4.79 Å². The summed E-state index contributed by atoms with van der Waals surface area (Å²) >= 11 is 3.58. The van der Waals surface area contributed by atoms with Crippen molar-refractivity contribution < 1.29 is 19.0 Å². The molecule has 0 aliphatic rings. The average molecular weight is 521 g/mol. The topological polar surface area (TPSA) is 62.6 Å². The number of esters is 1. The Morgan fingerprint density at radius 3 is 2.65 bits per heavy atom. The number of nitrogens with zero attached hydrogens (tertiary/aromatic N) is 2. The van der Waals surface area contributed by atoms with E-state index in [0.29, 0.717) is 25.2 Å². The van der Waals surface area contributed by atoms with Crippen molar-refractivity contribution in [2.75, 3.05) is 13.7 Å². The van der Waals surface area contributed by atoms with Crippen molar-refractivity contribution in [1.29, 1.82) is 0 Å². The van der Waals surface area contributed by atoms with E-state index < -0.39 is 0 Å². The highest BCUT2D eigenvalue weighted by Gasteiger charge is 2.13. The summed E-state index contributed by atoms with van der Waals surface area (Å²) in [4.78, 5) is 16.4. The number of ether oxygens (including phenoxy) is 3. The monoisotopic (exact) mass is 520 g/mol. The Hall–Kier alpha value is -3.58. The highest BCUT2D eigenvalue weighted by Crippen LogP contribution is 2.28. The molecule has 0 amide bonds. The Balaban J connectivity index is 1.56. The van der Waals surface area contributed by atoms with E-state index in [-0.39, 0.29) is 5.97 Å². The zero-order valence-corrected chi connectivity index (χ0v) is 20.6. The van der Waals surface area contributed by atoms with Gasteiger partial charge in [0.25, 0.3) is 0 Å². The summed E-state index contributed by atoms with van der Waals surface area (Å²) in [6.07, 6.45) is 5.84. The van der Waals surface area contributed by atoms with Crippen LogP contribution in [0.25, 0.3) is 5.69 Å². The Kier molecular flexibility index (Phi) is 7.65. The fraction of sp³-hybridized carbons (Fsp3) is 0.185. The van der Waals surface area contributed by atoms with Gasteiger partial charge in [0.1, 0.15) is 18.1 Å². The summed E-state index contributed by atoms with van der Waals surface area (Å²) in [6.45, 7) is 2.55. The van der Waals surface area contributed by atoms with Crippen molar-refractivity contribution in [3.63, 3.8) is 0 Å². The highest BCUT2D eigenvalue weighted by atomic mass is 79.9. The van der Waals surface area contributed by atoms with Gasteiger partial charge in [-0.1, -0.05) is 28.1 Å². The van der Waals surface area contributed by atoms with Crippen molar-refractivity contribution in [2.24, 2.45) is 0 Å². The Labute approximate surface area is 207 Å². The standard InChI is InChI=1S/C27H25BrN2O4/c1-3-33-27(31)21-15-24(17-29-16-21)30-12-4-5-23(30)14-20-13-22(28)8-11-26(20)34-18-19-6-9-25(32-2)10-7-19/h4-13,15-17H,3,14,18H2,1-2H3. The summed E-state index contributed by atoms with van der Waals surface area (Å²) in [6, 6.07) is 19.6. The third kappa shape index (κ3) is 5.66. The van der Waals surface area contributed by atoms with Gasteiger partial charge in [-0.15, -0.1) is 0 Å². The number of aromatic nitrogens is 2. The number of rotatable bonds is 9. The van der Waals surface area contributed by atoms with Gasteiger partial charge in [-0.3, -0.25) is 4.98 Å². The molecule has 0 spiro atoms. The first-order chi connectivity index (χ1) is 16.6. The normalized spacial score (nSPS) is 10.7. The van der Waals surface area contributed by atoms with Crippen LogP contribution in [0.15, 0.2) is 83.7 Å². The number of carbonyl (C=O) groups is 1. The Bertz CT molecular complexity index is 1270. The summed E-state index contributed by atoms with van der Waals surface area (Å²) in [5.41, 5.74) is 4.35. The first-order valence-electron chi connectivity index (χ1n) is 10.9. The molecule has 0 bridgehead atoms. The second kappa shape index (κ2) is 11.0. The van der Waals surface area contributed by atoms with E-state index in [1.807, 2.05) is 59.3 Å². The molecule has 0 fully saturated rings. The van der Waals surface area contributed by atoms with E-state index in [4.69, 9.17) is 14.2 Å². The zero-order valence-electron chi connectivity index (χ0n) is 19.0. The van der Waals surface area contributed by atoms with Crippen molar-refractivity contribution in [3.8, 4) is 17.2 Å². The van der Waals surface area contributed by atoms with Crippen LogP contribution in [-0.4, -0.2) is 29.2 Å². The van der Waals surface area contributed by atoms with Crippen molar-refractivity contribution in [2.45, 2.75) is 20.0 Å². The molecule has 0 saturated heterocycles. The average Bonchev–Trinajstić information content (AvgIpc) is 3.32. The van der Waals surface area contributed by atoms with Crippen LogP contribution in [0.4, 0.5) is 0 Å². The van der Waals surface area contributed by atoms with Crippen LogP contribution < -0.4 is 9.47 Å². The lowest BCUT2D eigenvalue weighted by Gasteiger charge is -2.15. The van der Waals surface area contributed by atoms with E-state index in [1.54, 1.807) is 26.3 Å². The molecule has 0 radical (unpaired) electrons. The molecule has 2 heterocycles. The molecule has 0 aliphatic heterocycles. The lowest BCUT2D eigenvalue weighted by Crippen LogP contribution is -2.07. The summed E-state index contributed by atoms with van der Waals surface area (Å²) in [5.74, 6) is 1.24. The highest BCUT2D eigenvalue weighted by molar-refractivity contribution is 9.10. The molecule has 0 unspecified atom stereocenters. The summed E-state index contributed by atoms with van der Waals surface area (Å²) in [5, 5.41) is 0. The van der Waals surface area contributed by atoms with Gasteiger partial charge in [0.05, 0.1) is 31.2 Å². The quantitative estimate of drug-likeness (QED) is 0.253. The van der Waals surface area contributed by atoms with Crippen molar-refractivity contribution >= 4 is 21.9 Å². The predicted octanol–water partition coefficient (Wildman–Crippen LogP) is 5.99. The maximum Gasteiger partial charge on any atom is 0.339 e. The van der Waals surface area contributed by atoms with Crippen LogP contribution in [0, 0.1) is 0 Å². The molecule has 174 valence electrons. The summed E-state index contributed by atoms with van der Waals surface area (Å²) in [7, 11) is 1.65. The lowest BCUT2D eigenvalue weighted by atomic mass is 10.1. The Morgan fingerprint density at radius 1 is 1.06 bits per heavy atom. The largest absolute Gasteiger partial charge is 0.497 e. The molecular formula is C27H25BrN2O4. The minimum Gasteiger partial charge on any atom is -0.497 e. The molecule has 7 heteroatoms. The molecule has 0 saturated carbocycles. The molecule has 0 atom stereocenters. The Morgan fingerprint density at radius 2 is 1.88 bits per heavy atom. The molecule has 0 aliphatic carbocycles. The molecule has 2 aromatic carbocycles. The van der Waals surface area contributed by atoms with Crippen molar-refractivity contribution in [1.82, 2.24) is 9.55 Å². The zero-order chi connectivity index (χ0) is 23.9. The number of hydrogen-bond acceptors (Lipinski definition) is 5. The lowest BCUT2D eigenvalue weighted by molar-refractivity contribution is 0.0526. The second-order valence-electron chi connectivity index (χ2n) is 7.59.